The number of ketones is 2. The van der Waals surface area contributed by atoms with Crippen LogP contribution in [0.2, 0.25) is 0 Å². The first-order chi connectivity index (χ1) is 13.7. The fourth-order valence-corrected chi connectivity index (χ4v) is 4.12. The predicted octanol–water partition coefficient (Wildman–Crippen LogP) is 3.91. The third-order valence-electron chi connectivity index (χ3n) is 4.34. The number of benzene rings is 2. The second kappa shape index (κ2) is 10.2. The first kappa shape index (κ1) is 20.3. The fraction of sp³-hybridized carbons (Fsp3) is 0.217. The molecule has 1 unspecified atom stereocenters. The number of allylic oxidation sites excluding steroid dienone is 2. The van der Waals surface area contributed by atoms with Gasteiger partial charge in [-0.2, -0.15) is 0 Å². The number of hydrogen-bond donors (Lipinski definition) is 1. The predicted molar refractivity (Wildman–Crippen MR) is 111 cm³/mol. The van der Waals surface area contributed by atoms with E-state index >= 15 is 0 Å². The molecule has 0 fully saturated rings. The SMILES string of the molecule is O=C1CC(=O)C(COCCO)C(Sc2ccccc2)=C1C=Cc1ccccc1. The quantitative estimate of drug-likeness (QED) is 0.543. The first-order valence-corrected chi connectivity index (χ1v) is 9.95. The first-order valence-electron chi connectivity index (χ1n) is 9.13. The van der Waals surface area contributed by atoms with Gasteiger partial charge in [-0.05, 0) is 23.8 Å². The van der Waals surface area contributed by atoms with Gasteiger partial charge in [0.1, 0.15) is 0 Å². The van der Waals surface area contributed by atoms with E-state index in [0.29, 0.717) is 10.5 Å². The zero-order valence-corrected chi connectivity index (χ0v) is 16.2. The van der Waals surface area contributed by atoms with Crippen LogP contribution in [0.5, 0.6) is 0 Å². The van der Waals surface area contributed by atoms with Gasteiger partial charge in [0.25, 0.3) is 0 Å². The van der Waals surface area contributed by atoms with Crippen LogP contribution in [0.3, 0.4) is 0 Å². The number of rotatable bonds is 8. The summed E-state index contributed by atoms with van der Waals surface area (Å²) in [5.41, 5.74) is 1.53. The summed E-state index contributed by atoms with van der Waals surface area (Å²) < 4.78 is 5.45. The smallest absolute Gasteiger partial charge is 0.171 e. The van der Waals surface area contributed by atoms with Gasteiger partial charge in [-0.1, -0.05) is 66.4 Å². The molecule has 1 aliphatic rings. The molecule has 0 aromatic heterocycles. The van der Waals surface area contributed by atoms with Gasteiger partial charge in [0, 0.05) is 15.4 Å². The average molecular weight is 394 g/mol. The number of hydrogen-bond acceptors (Lipinski definition) is 5. The van der Waals surface area contributed by atoms with E-state index in [1.165, 1.54) is 11.8 Å². The topological polar surface area (TPSA) is 63.6 Å². The Bertz CT molecular complexity index is 872. The molecule has 0 radical (unpaired) electrons. The maximum absolute atomic E-state index is 12.7. The lowest BCUT2D eigenvalue weighted by Crippen LogP contribution is -2.30. The van der Waals surface area contributed by atoms with E-state index in [4.69, 9.17) is 9.84 Å². The summed E-state index contributed by atoms with van der Waals surface area (Å²) in [6.07, 6.45) is 3.56. The molecule has 4 nitrogen and oxygen atoms in total. The molecule has 2 aromatic carbocycles. The van der Waals surface area contributed by atoms with Crippen molar-refractivity contribution in [2.75, 3.05) is 19.8 Å². The second-order valence-electron chi connectivity index (χ2n) is 6.35. The lowest BCUT2D eigenvalue weighted by Gasteiger charge is -2.25. The van der Waals surface area contributed by atoms with Crippen molar-refractivity contribution in [1.29, 1.82) is 0 Å². The van der Waals surface area contributed by atoms with Crippen LogP contribution in [0.1, 0.15) is 12.0 Å². The number of aliphatic hydroxyl groups excluding tert-OH is 1. The number of carbonyl (C=O) groups is 2. The minimum Gasteiger partial charge on any atom is -0.394 e. The maximum atomic E-state index is 12.7. The van der Waals surface area contributed by atoms with E-state index in [1.54, 1.807) is 6.08 Å². The summed E-state index contributed by atoms with van der Waals surface area (Å²) in [7, 11) is 0. The number of carbonyl (C=O) groups excluding carboxylic acids is 2. The molecule has 3 rings (SSSR count). The van der Waals surface area contributed by atoms with Crippen LogP contribution in [0.4, 0.5) is 0 Å². The maximum Gasteiger partial charge on any atom is 0.171 e. The molecule has 5 heteroatoms. The zero-order valence-electron chi connectivity index (χ0n) is 15.4. The van der Waals surface area contributed by atoms with E-state index in [1.807, 2.05) is 66.7 Å². The third kappa shape index (κ3) is 5.29. The van der Waals surface area contributed by atoms with Crippen molar-refractivity contribution in [1.82, 2.24) is 0 Å². The molecule has 0 spiro atoms. The van der Waals surface area contributed by atoms with Crippen LogP contribution in [0.25, 0.3) is 6.08 Å². The summed E-state index contributed by atoms with van der Waals surface area (Å²) in [6.45, 7) is 0.214. The van der Waals surface area contributed by atoms with Gasteiger partial charge in [-0.15, -0.1) is 0 Å². The minimum atomic E-state index is -0.509. The van der Waals surface area contributed by atoms with E-state index in [9.17, 15) is 9.59 Å². The molecule has 2 aromatic rings. The van der Waals surface area contributed by atoms with Gasteiger partial charge in [-0.3, -0.25) is 9.59 Å². The van der Waals surface area contributed by atoms with Gasteiger partial charge in [0.2, 0.25) is 0 Å². The number of Topliss-reactive ketones (excluding diaryl/α,β-unsaturated/α-hetero) is 2. The van der Waals surface area contributed by atoms with Crippen LogP contribution < -0.4 is 0 Å². The van der Waals surface area contributed by atoms with Gasteiger partial charge in [0.05, 0.1) is 32.2 Å². The Morgan fingerprint density at radius 2 is 1.68 bits per heavy atom. The molecule has 28 heavy (non-hydrogen) atoms. The van der Waals surface area contributed by atoms with Gasteiger partial charge in [0.15, 0.2) is 11.6 Å². The molecule has 1 N–H and O–H groups in total. The Hall–Kier alpha value is -2.47. The summed E-state index contributed by atoms with van der Waals surface area (Å²) in [5.74, 6) is -0.822. The van der Waals surface area contributed by atoms with E-state index in [-0.39, 0.29) is 37.8 Å². The molecule has 144 valence electrons. The fourth-order valence-electron chi connectivity index (χ4n) is 2.94. The van der Waals surface area contributed by atoms with Crippen LogP contribution in [0.15, 0.2) is 82.1 Å². The molecule has 1 aliphatic carbocycles. The molecule has 0 bridgehead atoms. The average Bonchev–Trinajstić information content (AvgIpc) is 2.71. The van der Waals surface area contributed by atoms with Gasteiger partial charge < -0.3 is 9.84 Å². The zero-order chi connectivity index (χ0) is 19.8. The highest BCUT2D eigenvalue weighted by atomic mass is 32.2. The lowest BCUT2D eigenvalue weighted by atomic mass is 9.88. The Kier molecular flexibility index (Phi) is 7.37. The minimum absolute atomic E-state index is 0.106. The second-order valence-corrected chi connectivity index (χ2v) is 7.47. The third-order valence-corrected chi connectivity index (χ3v) is 5.57. The van der Waals surface area contributed by atoms with E-state index < -0.39 is 5.92 Å². The van der Waals surface area contributed by atoms with Gasteiger partial charge >= 0.3 is 0 Å². The Labute approximate surface area is 168 Å². The summed E-state index contributed by atoms with van der Waals surface area (Å²) in [5, 5.41) is 8.97. The molecule has 0 aliphatic heterocycles. The Morgan fingerprint density at radius 1 is 1.00 bits per heavy atom. The monoisotopic (exact) mass is 394 g/mol. The van der Waals surface area contributed by atoms with Crippen molar-refractivity contribution in [3.63, 3.8) is 0 Å². The largest absolute Gasteiger partial charge is 0.394 e. The molecule has 0 heterocycles. The van der Waals surface area contributed by atoms with E-state index in [2.05, 4.69) is 0 Å². The van der Waals surface area contributed by atoms with Crippen molar-refractivity contribution >= 4 is 29.4 Å². The highest BCUT2D eigenvalue weighted by Crippen LogP contribution is 2.39. The van der Waals surface area contributed by atoms with Crippen LogP contribution in [0, 0.1) is 5.92 Å². The Balaban J connectivity index is 1.98. The van der Waals surface area contributed by atoms with E-state index in [0.717, 1.165) is 10.5 Å². The summed E-state index contributed by atoms with van der Waals surface area (Å²) in [6, 6.07) is 19.4. The molecular weight excluding hydrogens is 372 g/mol. The van der Waals surface area contributed by atoms with Crippen molar-refractivity contribution in [3.8, 4) is 0 Å². The highest BCUT2D eigenvalue weighted by Gasteiger charge is 2.34. The van der Waals surface area contributed by atoms with Crippen molar-refractivity contribution in [2.45, 2.75) is 11.3 Å². The molecule has 0 saturated heterocycles. The lowest BCUT2D eigenvalue weighted by molar-refractivity contribution is -0.129. The van der Waals surface area contributed by atoms with Crippen LogP contribution >= 0.6 is 11.8 Å². The Morgan fingerprint density at radius 3 is 2.36 bits per heavy atom. The summed E-state index contributed by atoms with van der Waals surface area (Å²) >= 11 is 1.43. The van der Waals surface area contributed by atoms with Gasteiger partial charge in [-0.25, -0.2) is 0 Å². The van der Waals surface area contributed by atoms with Crippen molar-refractivity contribution in [2.24, 2.45) is 5.92 Å². The number of thioether (sulfide) groups is 1. The van der Waals surface area contributed by atoms with Crippen molar-refractivity contribution < 1.29 is 19.4 Å². The number of aliphatic hydroxyl groups is 1. The molecule has 1 atom stereocenters. The number of ether oxygens (including phenoxy) is 1. The summed E-state index contributed by atoms with van der Waals surface area (Å²) in [4.78, 5) is 26.9. The van der Waals surface area contributed by atoms with Crippen LogP contribution in [-0.2, 0) is 14.3 Å². The van der Waals surface area contributed by atoms with Crippen LogP contribution in [-0.4, -0.2) is 36.5 Å². The highest BCUT2D eigenvalue weighted by molar-refractivity contribution is 8.03. The standard InChI is InChI=1S/C23H22O4S/c24-13-14-27-16-20-22(26)15-21(25)19(12-11-17-7-3-1-4-8-17)23(20)28-18-9-5-2-6-10-18/h1-12,20,24H,13-16H2. The molecule has 0 saturated carbocycles. The normalized spacial score (nSPS) is 17.5. The van der Waals surface area contributed by atoms with Crippen molar-refractivity contribution in [3.05, 3.63) is 82.8 Å². The molecule has 0 amide bonds. The molecular formula is C23H22O4S.